The molecule has 11 rings (SSSR count). The molecule has 2 heteroatoms. The molecule has 62 heavy (non-hydrogen) atoms. The van der Waals surface area contributed by atoms with Crippen LogP contribution in [-0.2, 0) is 21.7 Å². The van der Waals surface area contributed by atoms with Gasteiger partial charge in [-0.05, 0) is 120 Å². The highest BCUT2D eigenvalue weighted by Gasteiger charge is 2.46. The van der Waals surface area contributed by atoms with Gasteiger partial charge in [0.25, 0.3) is 0 Å². The first-order valence-electron chi connectivity index (χ1n) is 22.2. The van der Waals surface area contributed by atoms with Gasteiger partial charge in [-0.3, -0.25) is 0 Å². The van der Waals surface area contributed by atoms with Gasteiger partial charge in [0.1, 0.15) is 11.2 Å². The summed E-state index contributed by atoms with van der Waals surface area (Å²) in [6.07, 6.45) is 0. The molecule has 304 valence electrons. The van der Waals surface area contributed by atoms with Crippen molar-refractivity contribution in [3.05, 3.63) is 220 Å². The molecule has 0 bridgehead atoms. The van der Waals surface area contributed by atoms with Crippen molar-refractivity contribution in [2.75, 3.05) is 4.90 Å². The average molecular weight is 804 g/mol. The summed E-state index contributed by atoms with van der Waals surface area (Å²) in [6, 6.07) is 65.9. The zero-order valence-corrected chi connectivity index (χ0v) is 37.1. The molecule has 0 atom stereocenters. The van der Waals surface area contributed by atoms with E-state index in [1.54, 1.807) is 0 Å². The molecule has 0 unspecified atom stereocenters. The van der Waals surface area contributed by atoms with Crippen molar-refractivity contribution in [3.8, 4) is 22.3 Å². The van der Waals surface area contributed by atoms with Gasteiger partial charge in [-0.2, -0.15) is 0 Å². The van der Waals surface area contributed by atoms with Crippen molar-refractivity contribution in [1.29, 1.82) is 0 Å². The first-order valence-corrected chi connectivity index (χ1v) is 22.2. The number of hydrogen-bond acceptors (Lipinski definition) is 2. The lowest BCUT2D eigenvalue weighted by Crippen LogP contribution is -2.28. The summed E-state index contributed by atoms with van der Waals surface area (Å²) >= 11 is 0. The van der Waals surface area contributed by atoms with E-state index in [2.05, 4.69) is 236 Å². The Balaban J connectivity index is 1.20. The van der Waals surface area contributed by atoms with Crippen molar-refractivity contribution in [3.63, 3.8) is 0 Å². The van der Waals surface area contributed by atoms with Crippen molar-refractivity contribution < 1.29 is 4.42 Å². The van der Waals surface area contributed by atoms with Crippen molar-refractivity contribution in [2.24, 2.45) is 0 Å². The van der Waals surface area contributed by atoms with E-state index in [1.807, 2.05) is 0 Å². The predicted octanol–water partition coefficient (Wildman–Crippen LogP) is 16.3. The smallest absolute Gasteiger partial charge is 0.137 e. The Morgan fingerprint density at radius 1 is 0.452 bits per heavy atom. The van der Waals surface area contributed by atoms with Crippen LogP contribution in [0.15, 0.2) is 180 Å². The van der Waals surface area contributed by atoms with Crippen LogP contribution < -0.4 is 4.90 Å². The van der Waals surface area contributed by atoms with E-state index in [4.69, 9.17) is 4.42 Å². The quantitative estimate of drug-likeness (QED) is 0.172. The van der Waals surface area contributed by atoms with Crippen LogP contribution in [0.25, 0.3) is 44.2 Å². The van der Waals surface area contributed by atoms with Gasteiger partial charge in [-0.15, -0.1) is 0 Å². The number of nitrogens with zero attached hydrogens (tertiary/aromatic N) is 1. The maximum absolute atomic E-state index is 6.78. The standard InChI is InChI=1S/C60H53NO/c1-57(2,3)39-31-33-46-54(36-39)62-53-30-18-29-52(56(46)53)61(42-32-34-45-51(37-42)59(7,8)50-28-17-27-49(55(45)50)58(4,5)6)41-22-16-21-40(35-41)60(38-19-10-9-11-20-38)47-25-14-12-23-43(47)44-24-13-15-26-48(44)60/h9-37H,1-8H3. The largest absolute Gasteiger partial charge is 0.456 e. The summed E-state index contributed by atoms with van der Waals surface area (Å²) in [5.74, 6) is 0. The average Bonchev–Trinajstić information content (AvgIpc) is 3.87. The third kappa shape index (κ3) is 5.48. The molecule has 0 fully saturated rings. The lowest BCUT2D eigenvalue weighted by atomic mass is 9.67. The molecular weight excluding hydrogens is 751 g/mol. The monoisotopic (exact) mass is 803 g/mol. The second-order valence-corrected chi connectivity index (χ2v) is 20.1. The van der Waals surface area contributed by atoms with Crippen molar-refractivity contribution >= 4 is 39.0 Å². The first-order chi connectivity index (χ1) is 29.8. The minimum absolute atomic E-state index is 0.00366. The maximum Gasteiger partial charge on any atom is 0.137 e. The minimum Gasteiger partial charge on any atom is -0.456 e. The van der Waals surface area contributed by atoms with Gasteiger partial charge in [-0.1, -0.05) is 189 Å². The molecule has 0 radical (unpaired) electrons. The minimum atomic E-state index is -0.529. The van der Waals surface area contributed by atoms with Crippen LogP contribution in [0.3, 0.4) is 0 Å². The van der Waals surface area contributed by atoms with Gasteiger partial charge in [-0.25, -0.2) is 0 Å². The van der Waals surface area contributed by atoms with E-state index in [1.165, 1.54) is 66.8 Å². The SMILES string of the molecule is CC(C)(C)c1ccc2c(c1)oc1cccc(N(c3cccc(C4(c5ccccc5)c5ccccc5-c5ccccc54)c3)c3ccc4c(c3)C(C)(C)c3cccc(C(C)(C)C)c3-4)c12. The maximum atomic E-state index is 6.78. The molecule has 8 aromatic carbocycles. The Morgan fingerprint density at radius 2 is 1.08 bits per heavy atom. The van der Waals surface area contributed by atoms with Crippen LogP contribution in [0.5, 0.6) is 0 Å². The van der Waals surface area contributed by atoms with Crippen LogP contribution in [0, 0.1) is 0 Å². The molecule has 2 aliphatic carbocycles. The highest BCUT2D eigenvalue weighted by molar-refractivity contribution is 6.13. The number of fused-ring (bicyclic) bond motifs is 9. The van der Waals surface area contributed by atoms with Crippen LogP contribution in [0.4, 0.5) is 17.1 Å². The number of hydrogen-bond donors (Lipinski definition) is 0. The number of anilines is 3. The zero-order valence-electron chi connectivity index (χ0n) is 37.1. The zero-order chi connectivity index (χ0) is 42.8. The Morgan fingerprint density at radius 3 is 1.79 bits per heavy atom. The van der Waals surface area contributed by atoms with Gasteiger partial charge >= 0.3 is 0 Å². The number of rotatable bonds is 5. The molecule has 9 aromatic rings. The second-order valence-electron chi connectivity index (χ2n) is 20.1. The topological polar surface area (TPSA) is 16.4 Å². The molecule has 1 aromatic heterocycles. The van der Waals surface area contributed by atoms with Gasteiger partial charge in [0.05, 0.1) is 16.5 Å². The molecule has 0 N–H and O–H groups in total. The summed E-state index contributed by atoms with van der Waals surface area (Å²) in [7, 11) is 0. The highest BCUT2D eigenvalue weighted by Crippen LogP contribution is 2.58. The normalized spacial score (nSPS) is 14.7. The lowest BCUT2D eigenvalue weighted by molar-refractivity contribution is 0.587. The van der Waals surface area contributed by atoms with Gasteiger partial charge in [0.2, 0.25) is 0 Å². The fourth-order valence-electron chi connectivity index (χ4n) is 11.0. The molecular formula is C60H53NO. The van der Waals surface area contributed by atoms with E-state index in [0.29, 0.717) is 0 Å². The Bertz CT molecular complexity index is 3190. The van der Waals surface area contributed by atoms with Gasteiger partial charge in [0, 0.05) is 22.2 Å². The number of furan rings is 1. The number of benzene rings is 8. The molecule has 2 nitrogen and oxygen atoms in total. The summed E-state index contributed by atoms with van der Waals surface area (Å²) in [5, 5.41) is 2.23. The van der Waals surface area contributed by atoms with Crippen molar-refractivity contribution in [1.82, 2.24) is 0 Å². The summed E-state index contributed by atoms with van der Waals surface area (Å²) in [4.78, 5) is 2.49. The predicted molar refractivity (Wildman–Crippen MR) is 261 cm³/mol. The molecule has 0 aliphatic heterocycles. The van der Waals surface area contributed by atoms with Gasteiger partial charge < -0.3 is 9.32 Å². The summed E-state index contributed by atoms with van der Waals surface area (Å²) in [6.45, 7) is 18.6. The van der Waals surface area contributed by atoms with Crippen LogP contribution in [-0.4, -0.2) is 0 Å². The fourth-order valence-corrected chi connectivity index (χ4v) is 11.0. The van der Waals surface area contributed by atoms with E-state index < -0.39 is 5.41 Å². The molecule has 0 saturated heterocycles. The van der Waals surface area contributed by atoms with Gasteiger partial charge in [0.15, 0.2) is 0 Å². The molecule has 2 aliphatic rings. The summed E-state index contributed by atoms with van der Waals surface area (Å²) < 4.78 is 6.78. The van der Waals surface area contributed by atoms with E-state index in [9.17, 15) is 0 Å². The lowest BCUT2D eigenvalue weighted by Gasteiger charge is -2.35. The molecule has 0 amide bonds. The first kappa shape index (κ1) is 38.3. The molecule has 0 spiro atoms. The highest BCUT2D eigenvalue weighted by atomic mass is 16.3. The van der Waals surface area contributed by atoms with Crippen LogP contribution in [0.1, 0.15) is 99.9 Å². The van der Waals surface area contributed by atoms with Crippen LogP contribution in [0.2, 0.25) is 0 Å². The van der Waals surface area contributed by atoms with E-state index >= 15 is 0 Å². The molecule has 1 heterocycles. The Labute approximate surface area is 366 Å². The Hall–Kier alpha value is -6.64. The van der Waals surface area contributed by atoms with Crippen LogP contribution >= 0.6 is 0 Å². The Kier molecular flexibility index (Phi) is 8.29. The van der Waals surface area contributed by atoms with E-state index in [-0.39, 0.29) is 16.2 Å². The third-order valence-corrected chi connectivity index (χ3v) is 14.0. The third-order valence-electron chi connectivity index (χ3n) is 14.0. The second kappa shape index (κ2) is 13.4. The fraction of sp³-hybridized carbons (Fsp3) is 0.200. The van der Waals surface area contributed by atoms with Crippen molar-refractivity contribution in [2.45, 2.75) is 77.0 Å². The van der Waals surface area contributed by atoms with E-state index in [0.717, 1.165) is 39.0 Å². The summed E-state index contributed by atoms with van der Waals surface area (Å²) in [5.41, 5.74) is 20.2. The molecule has 0 saturated carbocycles.